The van der Waals surface area contributed by atoms with Gasteiger partial charge in [0.2, 0.25) is 0 Å². The topological polar surface area (TPSA) is 84.2 Å². The Morgan fingerprint density at radius 1 is 1.32 bits per heavy atom. The molecule has 6 nitrogen and oxygen atoms in total. The predicted octanol–water partition coefficient (Wildman–Crippen LogP) is 1.07. The Labute approximate surface area is 130 Å². The number of carbonyl (C=O) groups excluding carboxylic acids is 1. The molecule has 0 saturated heterocycles. The molecule has 2 rings (SSSR count). The molecule has 1 aromatic heterocycles. The number of nitrogens with one attached hydrogen (secondary N) is 1. The van der Waals surface area contributed by atoms with E-state index < -0.39 is 0 Å². The van der Waals surface area contributed by atoms with Gasteiger partial charge in [-0.2, -0.15) is 5.10 Å². The molecule has 0 aliphatic heterocycles. The predicted molar refractivity (Wildman–Crippen MR) is 83.9 cm³/mol. The summed E-state index contributed by atoms with van der Waals surface area (Å²) < 4.78 is 1.20. The fourth-order valence-corrected chi connectivity index (χ4v) is 3.15. The van der Waals surface area contributed by atoms with Gasteiger partial charge in [0.05, 0.1) is 5.69 Å². The van der Waals surface area contributed by atoms with Gasteiger partial charge in [0, 0.05) is 25.6 Å². The van der Waals surface area contributed by atoms with Crippen molar-refractivity contribution in [3.05, 3.63) is 27.2 Å². The van der Waals surface area contributed by atoms with Crippen LogP contribution in [0.15, 0.2) is 4.79 Å². The van der Waals surface area contributed by atoms with Gasteiger partial charge in [-0.1, -0.05) is 19.3 Å². The zero-order valence-corrected chi connectivity index (χ0v) is 13.6. The first kappa shape index (κ1) is 16.7. The van der Waals surface area contributed by atoms with E-state index in [0.29, 0.717) is 11.3 Å². The number of amides is 1. The minimum Gasteiger partial charge on any atom is -0.396 e. The van der Waals surface area contributed by atoms with E-state index in [-0.39, 0.29) is 35.6 Å². The van der Waals surface area contributed by atoms with Crippen LogP contribution in [0.1, 0.15) is 53.7 Å². The lowest BCUT2D eigenvalue weighted by Gasteiger charge is -2.24. The van der Waals surface area contributed by atoms with E-state index in [1.165, 1.54) is 4.68 Å². The molecule has 0 aromatic carbocycles. The van der Waals surface area contributed by atoms with Crippen molar-refractivity contribution in [3.63, 3.8) is 0 Å². The van der Waals surface area contributed by atoms with Crippen LogP contribution >= 0.6 is 0 Å². The highest BCUT2D eigenvalue weighted by molar-refractivity contribution is 5.95. The number of hydrogen-bond donors (Lipinski definition) is 2. The van der Waals surface area contributed by atoms with Gasteiger partial charge in [-0.15, -0.1) is 0 Å². The number of nitrogens with zero attached hydrogens (tertiary/aromatic N) is 2. The van der Waals surface area contributed by atoms with Crippen LogP contribution in [0.4, 0.5) is 0 Å². The third kappa shape index (κ3) is 3.38. The van der Waals surface area contributed by atoms with Gasteiger partial charge < -0.3 is 10.4 Å². The summed E-state index contributed by atoms with van der Waals surface area (Å²) in [6.07, 6.45) is 4.99. The Kier molecular flexibility index (Phi) is 5.34. The highest BCUT2D eigenvalue weighted by atomic mass is 16.3. The molecule has 1 fully saturated rings. The molecule has 6 heteroatoms. The molecule has 2 unspecified atom stereocenters. The van der Waals surface area contributed by atoms with Crippen LogP contribution in [0, 0.1) is 19.8 Å². The number of hydrogen-bond acceptors (Lipinski definition) is 4. The quantitative estimate of drug-likeness (QED) is 0.818. The largest absolute Gasteiger partial charge is 0.396 e. The van der Waals surface area contributed by atoms with Crippen LogP contribution < -0.4 is 10.9 Å². The zero-order valence-electron chi connectivity index (χ0n) is 13.6. The van der Waals surface area contributed by atoms with Crippen molar-refractivity contribution in [3.8, 4) is 0 Å². The van der Waals surface area contributed by atoms with Crippen LogP contribution in [-0.4, -0.2) is 33.4 Å². The Hall–Kier alpha value is -1.69. The summed E-state index contributed by atoms with van der Waals surface area (Å²) in [6.45, 7) is 3.60. The van der Waals surface area contributed by atoms with Gasteiger partial charge in [0.25, 0.3) is 11.5 Å². The Balaban J connectivity index is 2.27. The summed E-state index contributed by atoms with van der Waals surface area (Å²) in [6, 6.07) is -0.0717. The Morgan fingerprint density at radius 2 is 2.00 bits per heavy atom. The first-order valence-electron chi connectivity index (χ1n) is 7.92. The zero-order chi connectivity index (χ0) is 16.3. The Bertz CT molecular complexity index is 609. The maximum absolute atomic E-state index is 12.6. The van der Waals surface area contributed by atoms with Crippen molar-refractivity contribution < 1.29 is 9.90 Å². The van der Waals surface area contributed by atoms with Gasteiger partial charge >= 0.3 is 0 Å². The van der Waals surface area contributed by atoms with Crippen molar-refractivity contribution in [1.82, 2.24) is 15.1 Å². The van der Waals surface area contributed by atoms with Crippen molar-refractivity contribution >= 4 is 5.91 Å². The second-order valence-electron chi connectivity index (χ2n) is 6.17. The molecule has 1 heterocycles. The molecular formula is C16H25N3O3. The summed E-state index contributed by atoms with van der Waals surface area (Å²) in [5.74, 6) is -0.285. The molecule has 1 saturated carbocycles. The highest BCUT2D eigenvalue weighted by Gasteiger charge is 2.27. The summed E-state index contributed by atoms with van der Waals surface area (Å²) in [7, 11) is 1.55. The van der Waals surface area contributed by atoms with Gasteiger partial charge in [-0.25, -0.2) is 4.68 Å². The molecule has 122 valence electrons. The fraction of sp³-hybridized carbons (Fsp3) is 0.688. The molecule has 1 aromatic rings. The van der Waals surface area contributed by atoms with Crippen molar-refractivity contribution in [1.29, 1.82) is 0 Å². The molecule has 1 aliphatic carbocycles. The van der Waals surface area contributed by atoms with Gasteiger partial charge in [-0.05, 0) is 32.3 Å². The maximum Gasteiger partial charge on any atom is 0.279 e. The smallest absolute Gasteiger partial charge is 0.279 e. The maximum atomic E-state index is 12.6. The van der Waals surface area contributed by atoms with E-state index in [9.17, 15) is 14.7 Å². The van der Waals surface area contributed by atoms with Crippen molar-refractivity contribution in [2.24, 2.45) is 13.0 Å². The monoisotopic (exact) mass is 307 g/mol. The van der Waals surface area contributed by atoms with Crippen molar-refractivity contribution in [2.45, 2.75) is 52.0 Å². The number of aryl methyl sites for hydroxylation is 2. The van der Waals surface area contributed by atoms with Crippen LogP contribution in [-0.2, 0) is 7.05 Å². The third-order valence-corrected chi connectivity index (χ3v) is 4.66. The molecule has 2 N–H and O–H groups in total. The van der Waals surface area contributed by atoms with Crippen LogP contribution in [0.25, 0.3) is 0 Å². The van der Waals surface area contributed by atoms with Crippen molar-refractivity contribution in [2.75, 3.05) is 6.61 Å². The highest BCUT2D eigenvalue weighted by Crippen LogP contribution is 2.23. The van der Waals surface area contributed by atoms with E-state index in [0.717, 1.165) is 32.1 Å². The molecule has 1 amide bonds. The average Bonchev–Trinajstić information content (AvgIpc) is 2.70. The summed E-state index contributed by atoms with van der Waals surface area (Å²) in [5.41, 5.74) is 1.08. The molecule has 1 aliphatic rings. The number of carbonyl (C=O) groups is 1. The van der Waals surface area contributed by atoms with E-state index >= 15 is 0 Å². The van der Waals surface area contributed by atoms with E-state index in [1.54, 1.807) is 20.9 Å². The van der Waals surface area contributed by atoms with Gasteiger partial charge in [-0.3, -0.25) is 9.59 Å². The van der Waals surface area contributed by atoms with E-state index in [1.807, 2.05) is 0 Å². The first-order valence-corrected chi connectivity index (χ1v) is 7.92. The minimum absolute atomic E-state index is 0.0668. The molecule has 0 radical (unpaired) electrons. The third-order valence-electron chi connectivity index (χ3n) is 4.66. The van der Waals surface area contributed by atoms with Gasteiger partial charge in [0.1, 0.15) is 5.56 Å². The molecule has 2 atom stereocenters. The summed E-state index contributed by atoms with van der Waals surface area (Å²) >= 11 is 0. The van der Waals surface area contributed by atoms with E-state index in [2.05, 4.69) is 10.4 Å². The second-order valence-corrected chi connectivity index (χ2v) is 6.17. The molecule has 0 spiro atoms. The second kappa shape index (κ2) is 7.05. The lowest BCUT2D eigenvalue weighted by Crippen LogP contribution is -2.44. The van der Waals surface area contributed by atoms with E-state index in [4.69, 9.17) is 0 Å². The van der Waals surface area contributed by atoms with Crippen LogP contribution in [0.2, 0.25) is 0 Å². The number of rotatable bonds is 3. The van der Waals surface area contributed by atoms with Gasteiger partial charge in [0.15, 0.2) is 0 Å². The van der Waals surface area contributed by atoms with Crippen LogP contribution in [0.3, 0.4) is 0 Å². The average molecular weight is 307 g/mol. The number of aromatic nitrogens is 2. The Morgan fingerprint density at radius 3 is 2.68 bits per heavy atom. The summed E-state index contributed by atoms with van der Waals surface area (Å²) in [5, 5.41) is 16.6. The molecular weight excluding hydrogens is 282 g/mol. The summed E-state index contributed by atoms with van der Waals surface area (Å²) in [4.78, 5) is 24.8. The minimum atomic E-state index is -0.380. The normalized spacial score (nSPS) is 22.2. The molecule has 22 heavy (non-hydrogen) atoms. The first-order chi connectivity index (χ1) is 10.5. The van der Waals surface area contributed by atoms with Crippen LogP contribution in [0.5, 0.6) is 0 Å². The lowest BCUT2D eigenvalue weighted by atomic mass is 9.95. The number of aliphatic hydroxyl groups is 1. The SMILES string of the molecule is Cc1nn(C)c(=O)c(C(=O)NC2CCCCCC2CO)c1C. The standard InChI is InChI=1S/C16H25N3O3/c1-10-11(2)18-19(3)16(22)14(10)15(21)17-13-8-6-4-5-7-12(13)9-20/h12-13,20H,4-9H2,1-3H3,(H,17,21). The molecule has 0 bridgehead atoms. The lowest BCUT2D eigenvalue weighted by molar-refractivity contribution is 0.0896. The fourth-order valence-electron chi connectivity index (χ4n) is 3.15. The number of aliphatic hydroxyl groups excluding tert-OH is 1.